The Morgan fingerprint density at radius 3 is 3.00 bits per heavy atom. The predicted molar refractivity (Wildman–Crippen MR) is 75.0 cm³/mol. The lowest BCUT2D eigenvalue weighted by Crippen LogP contribution is -2.46. The molecule has 0 saturated carbocycles. The highest BCUT2D eigenvalue weighted by molar-refractivity contribution is 7.09. The van der Waals surface area contributed by atoms with Crippen molar-refractivity contribution >= 4 is 11.3 Å². The molecule has 0 radical (unpaired) electrons. The maximum Gasteiger partial charge on any atom is 0.114 e. The van der Waals surface area contributed by atoms with Crippen LogP contribution in [0, 0.1) is 0 Å². The Kier molecular flexibility index (Phi) is 4.72. The first-order valence-corrected chi connectivity index (χ1v) is 7.44. The molecule has 2 rings (SSSR count). The molecule has 1 atom stereocenters. The van der Waals surface area contributed by atoms with Crippen LogP contribution in [0.25, 0.3) is 0 Å². The van der Waals surface area contributed by atoms with Gasteiger partial charge in [0.15, 0.2) is 0 Å². The van der Waals surface area contributed by atoms with Crippen molar-refractivity contribution in [2.24, 2.45) is 0 Å². The van der Waals surface area contributed by atoms with Crippen molar-refractivity contribution < 1.29 is 4.74 Å². The monoisotopic (exact) mass is 269 g/mol. The van der Waals surface area contributed by atoms with E-state index >= 15 is 0 Å². The van der Waals surface area contributed by atoms with Gasteiger partial charge in [0.25, 0.3) is 0 Å². The Bertz CT molecular complexity index is 355. The van der Waals surface area contributed by atoms with Gasteiger partial charge in [-0.1, -0.05) is 0 Å². The second kappa shape index (κ2) is 6.10. The summed E-state index contributed by atoms with van der Waals surface area (Å²) in [5.74, 6) is 0. The molecule has 1 saturated heterocycles. The third-order valence-corrected chi connectivity index (χ3v) is 4.62. The average Bonchev–Trinajstić information content (AvgIpc) is 2.99. The minimum Gasteiger partial charge on any atom is -0.383 e. The number of nitrogens with one attached hydrogen (secondary N) is 1. The number of rotatable bonds is 6. The van der Waals surface area contributed by atoms with E-state index in [4.69, 9.17) is 4.74 Å². The second-order valence-electron chi connectivity index (χ2n) is 5.15. The maximum atomic E-state index is 5.15. The van der Waals surface area contributed by atoms with Crippen LogP contribution in [0.15, 0.2) is 11.6 Å². The molecule has 1 aliphatic rings. The molecule has 1 aliphatic heterocycles. The molecule has 4 nitrogen and oxygen atoms in total. The van der Waals surface area contributed by atoms with Crippen molar-refractivity contribution in [1.29, 1.82) is 0 Å². The molecule has 1 aromatic rings. The molecule has 102 valence electrons. The molecule has 0 spiro atoms. The van der Waals surface area contributed by atoms with Gasteiger partial charge in [-0.3, -0.25) is 4.90 Å². The van der Waals surface area contributed by atoms with Crippen LogP contribution in [0.3, 0.4) is 0 Å². The van der Waals surface area contributed by atoms with Gasteiger partial charge in [-0.15, -0.1) is 11.3 Å². The van der Waals surface area contributed by atoms with Gasteiger partial charge < -0.3 is 10.1 Å². The smallest absolute Gasteiger partial charge is 0.114 e. The van der Waals surface area contributed by atoms with E-state index in [2.05, 4.69) is 34.4 Å². The van der Waals surface area contributed by atoms with Gasteiger partial charge in [0.2, 0.25) is 0 Å². The second-order valence-corrected chi connectivity index (χ2v) is 6.05. The van der Waals surface area contributed by atoms with E-state index in [1.807, 2.05) is 6.20 Å². The molecule has 0 aromatic carbocycles. The molecular weight excluding hydrogens is 246 g/mol. The summed E-state index contributed by atoms with van der Waals surface area (Å²) < 4.78 is 5.15. The molecule has 0 bridgehead atoms. The highest BCUT2D eigenvalue weighted by Gasteiger charge is 2.41. The van der Waals surface area contributed by atoms with Crippen molar-refractivity contribution in [3.63, 3.8) is 0 Å². The summed E-state index contributed by atoms with van der Waals surface area (Å²) >= 11 is 1.75. The Labute approximate surface area is 113 Å². The summed E-state index contributed by atoms with van der Waals surface area (Å²) in [5.41, 5.74) is 0.0248. The van der Waals surface area contributed by atoms with Crippen molar-refractivity contribution in [3.05, 3.63) is 16.6 Å². The number of likely N-dealkylation sites (tertiary alicyclic amines) is 1. The first-order valence-electron chi connectivity index (χ1n) is 6.56. The summed E-state index contributed by atoms with van der Waals surface area (Å²) in [6, 6.07) is 0.594. The molecule has 1 unspecified atom stereocenters. The highest BCUT2D eigenvalue weighted by atomic mass is 32.1. The normalized spacial score (nSPS) is 25.1. The van der Waals surface area contributed by atoms with E-state index in [1.165, 1.54) is 5.01 Å². The average molecular weight is 269 g/mol. The predicted octanol–water partition coefficient (Wildman–Crippen LogP) is 1.69. The zero-order valence-corrected chi connectivity index (χ0v) is 12.3. The lowest BCUT2D eigenvalue weighted by molar-refractivity contribution is 0.179. The summed E-state index contributed by atoms with van der Waals surface area (Å²) in [6.07, 6.45) is 3.03. The van der Waals surface area contributed by atoms with Crippen molar-refractivity contribution in [3.8, 4) is 0 Å². The van der Waals surface area contributed by atoms with Crippen LogP contribution in [0.4, 0.5) is 0 Å². The largest absolute Gasteiger partial charge is 0.383 e. The molecule has 1 aromatic heterocycles. The Balaban J connectivity index is 2.09. The first kappa shape index (κ1) is 13.9. The van der Waals surface area contributed by atoms with Crippen LogP contribution in [0.2, 0.25) is 0 Å². The molecule has 18 heavy (non-hydrogen) atoms. The summed E-state index contributed by atoms with van der Waals surface area (Å²) in [6.45, 7) is 8.32. The molecular formula is C13H23N3OS. The molecule has 0 aliphatic carbocycles. The number of ether oxygens (including phenoxy) is 1. The van der Waals surface area contributed by atoms with Crippen LogP contribution in [0.5, 0.6) is 0 Å². The molecule has 1 N–H and O–H groups in total. The Hall–Kier alpha value is -0.490. The van der Waals surface area contributed by atoms with Crippen LogP contribution < -0.4 is 5.32 Å². The van der Waals surface area contributed by atoms with Gasteiger partial charge >= 0.3 is 0 Å². The van der Waals surface area contributed by atoms with E-state index in [0.29, 0.717) is 6.04 Å². The van der Waals surface area contributed by atoms with E-state index in [9.17, 15) is 0 Å². The maximum absolute atomic E-state index is 5.15. The van der Waals surface area contributed by atoms with Gasteiger partial charge in [0.1, 0.15) is 5.01 Å². The minimum atomic E-state index is 0.0248. The van der Waals surface area contributed by atoms with Crippen molar-refractivity contribution in [1.82, 2.24) is 15.2 Å². The highest BCUT2D eigenvalue weighted by Crippen LogP contribution is 2.34. The van der Waals surface area contributed by atoms with E-state index < -0.39 is 0 Å². The first-order chi connectivity index (χ1) is 8.68. The lowest BCUT2D eigenvalue weighted by Gasteiger charge is -2.30. The fraction of sp³-hybridized carbons (Fsp3) is 0.769. The molecule has 5 heteroatoms. The summed E-state index contributed by atoms with van der Waals surface area (Å²) in [7, 11) is 1.74. The zero-order valence-electron chi connectivity index (χ0n) is 11.5. The van der Waals surface area contributed by atoms with Crippen LogP contribution in [-0.2, 0) is 10.3 Å². The van der Waals surface area contributed by atoms with Crippen LogP contribution >= 0.6 is 11.3 Å². The number of hydrogen-bond acceptors (Lipinski definition) is 5. The van der Waals surface area contributed by atoms with Gasteiger partial charge in [-0.05, 0) is 20.3 Å². The third-order valence-electron chi connectivity index (χ3n) is 3.64. The van der Waals surface area contributed by atoms with E-state index in [0.717, 1.165) is 32.7 Å². The number of aromatic nitrogens is 1. The number of nitrogens with zero attached hydrogens (tertiary/aromatic N) is 2. The standard InChI is InChI=1S/C13H23N3OS/c1-11(2)16-7-4-13(10-16,15-5-8-17-3)12-14-6-9-18-12/h6,9,11,15H,4-5,7-8,10H2,1-3H3. The van der Waals surface area contributed by atoms with Gasteiger partial charge in [-0.25, -0.2) is 4.98 Å². The lowest BCUT2D eigenvalue weighted by atomic mass is 9.99. The summed E-state index contributed by atoms with van der Waals surface area (Å²) in [4.78, 5) is 7.05. The van der Waals surface area contributed by atoms with Gasteiger partial charge in [-0.2, -0.15) is 0 Å². The fourth-order valence-corrected chi connectivity index (χ4v) is 3.36. The quantitative estimate of drug-likeness (QED) is 0.798. The van der Waals surface area contributed by atoms with Crippen molar-refractivity contribution in [2.75, 3.05) is 33.4 Å². The van der Waals surface area contributed by atoms with E-state index in [-0.39, 0.29) is 5.54 Å². The van der Waals surface area contributed by atoms with Crippen LogP contribution in [-0.4, -0.2) is 49.3 Å². The molecule has 1 fully saturated rings. The number of hydrogen-bond donors (Lipinski definition) is 1. The zero-order chi connectivity index (χ0) is 13.0. The topological polar surface area (TPSA) is 37.4 Å². The number of methoxy groups -OCH3 is 1. The molecule has 0 amide bonds. The minimum absolute atomic E-state index is 0.0248. The number of thiazole rings is 1. The summed E-state index contributed by atoms with van der Waals surface area (Å²) in [5, 5.41) is 6.94. The Morgan fingerprint density at radius 1 is 1.61 bits per heavy atom. The third kappa shape index (κ3) is 2.91. The van der Waals surface area contributed by atoms with E-state index in [1.54, 1.807) is 18.4 Å². The SMILES string of the molecule is COCCNC1(c2nccs2)CCN(C(C)C)C1. The fourth-order valence-electron chi connectivity index (χ4n) is 2.53. The molecule has 2 heterocycles. The Morgan fingerprint density at radius 2 is 2.44 bits per heavy atom. The van der Waals surface area contributed by atoms with Gasteiger partial charge in [0, 0.05) is 44.4 Å². The van der Waals surface area contributed by atoms with Gasteiger partial charge in [0.05, 0.1) is 12.1 Å². The van der Waals surface area contributed by atoms with Crippen molar-refractivity contribution in [2.45, 2.75) is 31.8 Å². The van der Waals surface area contributed by atoms with Crippen LogP contribution in [0.1, 0.15) is 25.3 Å².